The van der Waals surface area contributed by atoms with Gasteiger partial charge in [0.25, 0.3) is 11.2 Å². The molecule has 0 amide bonds. The summed E-state index contributed by atoms with van der Waals surface area (Å²) in [4.78, 5) is 61.6. The number of pyridine rings is 1. The van der Waals surface area contributed by atoms with Crippen LogP contribution >= 0.6 is 0 Å². The highest BCUT2D eigenvalue weighted by atomic mass is 16.6. The number of aromatic nitrogens is 1. The molecule has 1 aromatic heterocycles. The number of carbonyl (C=O) groups excluding carboxylic acids is 4. The van der Waals surface area contributed by atoms with Crippen molar-refractivity contribution in [1.29, 1.82) is 0 Å². The van der Waals surface area contributed by atoms with Crippen LogP contribution in [0.25, 0.3) is 0 Å². The highest BCUT2D eigenvalue weighted by Crippen LogP contribution is 2.64. The Morgan fingerprint density at radius 3 is 1.24 bits per heavy atom. The first-order chi connectivity index (χ1) is 26.5. The average molecular weight is 748 g/mol. The first kappa shape index (κ1) is 37.5. The molecule has 0 saturated heterocycles. The number of fused-ring (bicyclic) bond motifs is 5. The van der Waals surface area contributed by atoms with Crippen molar-refractivity contribution < 1.29 is 66.5 Å². The molecule has 2 bridgehead atoms. The maximum absolute atomic E-state index is 14.3. The van der Waals surface area contributed by atoms with E-state index in [0.717, 1.165) is 11.4 Å². The molecule has 2 aromatic carbocycles. The van der Waals surface area contributed by atoms with Gasteiger partial charge in [-0.05, 0) is 36.4 Å². The van der Waals surface area contributed by atoms with Gasteiger partial charge in [0, 0.05) is 0 Å². The molecule has 3 aromatic rings. The van der Waals surface area contributed by atoms with Crippen molar-refractivity contribution in [3.63, 3.8) is 0 Å². The molecule has 0 N–H and O–H groups in total. The molecule has 286 valence electrons. The summed E-state index contributed by atoms with van der Waals surface area (Å²) >= 11 is 0. The Kier molecular flexibility index (Phi) is 11.9. The third-order valence-electron chi connectivity index (χ3n) is 9.55. The van der Waals surface area contributed by atoms with Gasteiger partial charge in [0.2, 0.25) is 0 Å². The summed E-state index contributed by atoms with van der Waals surface area (Å²) in [6.45, 7) is 2.25. The number of benzene rings is 2. The second kappa shape index (κ2) is 17.1. The number of ether oxygens (including phenoxy) is 10. The van der Waals surface area contributed by atoms with Crippen LogP contribution in [0.4, 0.5) is 0 Å². The maximum atomic E-state index is 14.3. The SMILES string of the molecule is O=C1c2ccccc2O[C@]23C(=O)OCCOCCOCCOCc4cccc(n4)COCCOCCOCCOC(=O)[C@@]24Oc2ccccc2C(=O)[C@H]4[C@H]13. The van der Waals surface area contributed by atoms with Crippen LogP contribution in [-0.2, 0) is 60.7 Å². The average Bonchev–Trinajstić information content (AvgIpc) is 3.18. The zero-order valence-corrected chi connectivity index (χ0v) is 29.6. The summed E-state index contributed by atoms with van der Waals surface area (Å²) in [5.74, 6) is -6.10. The molecular weight excluding hydrogens is 706 g/mol. The van der Waals surface area contributed by atoms with Crippen LogP contribution < -0.4 is 9.47 Å². The predicted octanol–water partition coefficient (Wildman–Crippen LogP) is 2.56. The highest BCUT2D eigenvalue weighted by molar-refractivity contribution is 6.19. The van der Waals surface area contributed by atoms with Gasteiger partial charge >= 0.3 is 11.9 Å². The normalized spacial score (nSPS) is 27.8. The minimum atomic E-state index is -2.40. The lowest BCUT2D eigenvalue weighted by molar-refractivity contribution is -0.262. The Hall–Kier alpha value is -4.77. The monoisotopic (exact) mass is 747 g/mol. The van der Waals surface area contributed by atoms with Crippen LogP contribution in [0.3, 0.4) is 0 Å². The lowest BCUT2D eigenvalue weighted by Crippen LogP contribution is -2.90. The molecule has 15 nitrogen and oxygen atoms in total. The van der Waals surface area contributed by atoms with E-state index in [1.807, 2.05) is 18.2 Å². The number of ketones is 2. The topological polar surface area (TPSA) is 173 Å². The molecule has 0 radical (unpaired) electrons. The number of hydrogen-bond acceptors (Lipinski definition) is 15. The van der Waals surface area contributed by atoms with Crippen LogP contribution in [0.1, 0.15) is 32.1 Å². The fourth-order valence-electron chi connectivity index (χ4n) is 7.15. The number of Topliss-reactive ketones (excluding diaryl/α,β-unsaturated/α-hetero) is 2. The van der Waals surface area contributed by atoms with Crippen LogP contribution in [0.15, 0.2) is 66.7 Å². The summed E-state index contributed by atoms with van der Waals surface area (Å²) in [6.07, 6.45) is 0. The molecule has 4 aliphatic rings. The standard InChI is InChI=1S/C39H41NO14/c41-34-28-8-1-3-10-30(28)53-38-32(34)33-35(42)29-9-2-4-11-31(29)54-39(33,38)37(44)52-23-21-48-15-13-46-17-19-50-25-27-7-5-6-26(40-27)24-49-18-16-45-12-14-47-20-22-51-36(38)43/h1-11,32-33H,12-25H2/t32-,33-,38-,39-/m1/s1. The lowest BCUT2D eigenvalue weighted by Gasteiger charge is -2.64. The zero-order chi connectivity index (χ0) is 37.4. The second-order valence-electron chi connectivity index (χ2n) is 12.8. The number of carbonyl (C=O) groups is 4. The van der Waals surface area contributed by atoms with E-state index in [9.17, 15) is 19.2 Å². The molecule has 4 atom stereocenters. The number of esters is 2. The van der Waals surface area contributed by atoms with Gasteiger partial charge in [0.15, 0.2) is 11.6 Å². The van der Waals surface area contributed by atoms with Crippen molar-refractivity contribution in [2.75, 3.05) is 79.3 Å². The molecule has 4 heterocycles. The van der Waals surface area contributed by atoms with E-state index >= 15 is 0 Å². The Balaban J connectivity index is 1.09. The quantitative estimate of drug-likeness (QED) is 0.307. The first-order valence-corrected chi connectivity index (χ1v) is 17.9. The summed E-state index contributed by atoms with van der Waals surface area (Å²) in [7, 11) is 0. The predicted molar refractivity (Wildman–Crippen MR) is 184 cm³/mol. The molecule has 0 unspecified atom stereocenters. The smallest absolute Gasteiger partial charge is 0.356 e. The number of cyclic esters (lactones) is 2. The van der Waals surface area contributed by atoms with Crippen molar-refractivity contribution in [3.05, 3.63) is 89.2 Å². The van der Waals surface area contributed by atoms with E-state index < -0.39 is 46.5 Å². The minimum Gasteiger partial charge on any atom is -0.469 e. The van der Waals surface area contributed by atoms with Crippen molar-refractivity contribution >= 4 is 23.5 Å². The summed E-state index contributed by atoms with van der Waals surface area (Å²) in [5.41, 5.74) is -2.94. The zero-order valence-electron chi connectivity index (χ0n) is 29.6. The third-order valence-corrected chi connectivity index (χ3v) is 9.55. The van der Waals surface area contributed by atoms with Crippen molar-refractivity contribution in [2.45, 2.75) is 24.4 Å². The van der Waals surface area contributed by atoms with Gasteiger partial charge < -0.3 is 47.4 Å². The Labute approximate surface area is 311 Å². The van der Waals surface area contributed by atoms with Gasteiger partial charge in [-0.3, -0.25) is 14.6 Å². The van der Waals surface area contributed by atoms with Gasteiger partial charge in [-0.2, -0.15) is 0 Å². The maximum Gasteiger partial charge on any atom is 0.356 e. The van der Waals surface area contributed by atoms with Gasteiger partial charge in [0.05, 0.1) is 114 Å². The highest BCUT2D eigenvalue weighted by Gasteiger charge is 2.90. The van der Waals surface area contributed by atoms with Crippen LogP contribution in [0, 0.1) is 11.8 Å². The van der Waals surface area contributed by atoms with Crippen molar-refractivity contribution in [2.24, 2.45) is 11.8 Å². The third kappa shape index (κ3) is 7.22. The Bertz CT molecular complexity index is 1710. The Morgan fingerprint density at radius 2 is 0.815 bits per heavy atom. The molecule has 54 heavy (non-hydrogen) atoms. The molecule has 2 spiro atoms. The molecule has 7 rings (SSSR count). The van der Waals surface area contributed by atoms with E-state index in [4.69, 9.17) is 47.4 Å². The van der Waals surface area contributed by atoms with Crippen LogP contribution in [0.5, 0.6) is 11.5 Å². The number of hydrogen-bond donors (Lipinski definition) is 0. The van der Waals surface area contributed by atoms with Gasteiger partial charge in [-0.1, -0.05) is 30.3 Å². The molecular formula is C39H41NO14. The molecule has 3 aliphatic heterocycles. The fraction of sp³-hybridized carbons (Fsp3) is 0.462. The number of rotatable bonds is 0. The molecule has 1 fully saturated rings. The second-order valence-corrected chi connectivity index (χ2v) is 12.8. The van der Waals surface area contributed by atoms with Crippen LogP contribution in [-0.4, -0.2) is 119 Å². The van der Waals surface area contributed by atoms with Crippen molar-refractivity contribution in [1.82, 2.24) is 4.98 Å². The molecule has 1 aliphatic carbocycles. The lowest BCUT2D eigenvalue weighted by atomic mass is 9.45. The van der Waals surface area contributed by atoms with Gasteiger partial charge in [-0.25, -0.2) is 9.59 Å². The number of para-hydroxylation sites is 2. The first-order valence-electron chi connectivity index (χ1n) is 17.9. The summed E-state index contributed by atoms with van der Waals surface area (Å²) in [6, 6.07) is 18.2. The molecule has 1 saturated carbocycles. The van der Waals surface area contributed by atoms with E-state index in [1.165, 1.54) is 24.3 Å². The van der Waals surface area contributed by atoms with E-state index in [1.54, 1.807) is 24.3 Å². The molecule has 15 heteroatoms. The number of nitrogens with zero attached hydrogens (tertiary/aromatic N) is 1. The van der Waals surface area contributed by atoms with Crippen molar-refractivity contribution in [3.8, 4) is 11.5 Å². The summed E-state index contributed by atoms with van der Waals surface area (Å²) < 4.78 is 57.8. The summed E-state index contributed by atoms with van der Waals surface area (Å²) in [5, 5.41) is 0. The minimum absolute atomic E-state index is 0.0346. The van der Waals surface area contributed by atoms with E-state index in [0.29, 0.717) is 39.6 Å². The van der Waals surface area contributed by atoms with Gasteiger partial charge in [0.1, 0.15) is 24.7 Å². The van der Waals surface area contributed by atoms with E-state index in [-0.39, 0.29) is 75.5 Å². The van der Waals surface area contributed by atoms with Crippen LogP contribution in [0.2, 0.25) is 0 Å². The largest absolute Gasteiger partial charge is 0.469 e. The Morgan fingerprint density at radius 1 is 0.444 bits per heavy atom. The van der Waals surface area contributed by atoms with E-state index in [2.05, 4.69) is 4.98 Å². The van der Waals surface area contributed by atoms with Gasteiger partial charge in [-0.15, -0.1) is 0 Å². The fourth-order valence-corrected chi connectivity index (χ4v) is 7.15.